The van der Waals surface area contributed by atoms with Crippen LogP contribution >= 0.6 is 0 Å². The van der Waals surface area contributed by atoms with Gasteiger partial charge in [0.15, 0.2) is 5.69 Å². The molecule has 4 heterocycles. The zero-order valence-electron chi connectivity index (χ0n) is 20.8. The number of hydrogen-bond donors (Lipinski definition) is 1. The van der Waals surface area contributed by atoms with E-state index in [0.717, 1.165) is 32.7 Å². The molecule has 1 N–H and O–H groups in total. The molecule has 2 saturated heterocycles. The lowest BCUT2D eigenvalue weighted by molar-refractivity contribution is 0.102. The van der Waals surface area contributed by atoms with Crippen LogP contribution < -0.4 is 15.1 Å². The van der Waals surface area contributed by atoms with Gasteiger partial charge < -0.3 is 24.8 Å². The van der Waals surface area contributed by atoms with Crippen LogP contribution in [-0.4, -0.2) is 89.6 Å². The number of rotatable bonds is 5. The molecule has 3 aromatic rings. The van der Waals surface area contributed by atoms with E-state index in [1.54, 1.807) is 42.5 Å². The van der Waals surface area contributed by atoms with Crippen molar-refractivity contribution in [3.8, 4) is 11.1 Å². The van der Waals surface area contributed by atoms with Crippen LogP contribution in [0.4, 0.5) is 21.7 Å². The van der Waals surface area contributed by atoms with Crippen LogP contribution in [0.15, 0.2) is 36.8 Å². The Kier molecular flexibility index (Phi) is 6.84. The molecule has 2 fully saturated rings. The van der Waals surface area contributed by atoms with Gasteiger partial charge in [-0.05, 0) is 32.2 Å². The molecule has 1 aromatic carbocycles. The highest BCUT2D eigenvalue weighted by molar-refractivity contribution is 6.05. The Morgan fingerprint density at radius 3 is 2.50 bits per heavy atom. The molecule has 0 aliphatic carbocycles. The summed E-state index contributed by atoms with van der Waals surface area (Å²) in [5.41, 5.74) is 2.32. The molecular formula is C25H31FN8O2. The lowest BCUT2D eigenvalue weighted by Crippen LogP contribution is -2.50. The minimum atomic E-state index is -0.393. The molecule has 0 saturated carbocycles. The number of carbonyl (C=O) groups excluding carboxylic acids is 1. The summed E-state index contributed by atoms with van der Waals surface area (Å²) in [5.74, 6) is -0.153. The highest BCUT2D eigenvalue weighted by Gasteiger charge is 2.25. The normalized spacial score (nSPS) is 18.9. The van der Waals surface area contributed by atoms with Crippen LogP contribution in [0.2, 0.25) is 0 Å². The average molecular weight is 495 g/mol. The summed E-state index contributed by atoms with van der Waals surface area (Å²) in [6.45, 7) is 7.12. The summed E-state index contributed by atoms with van der Waals surface area (Å²) in [7, 11) is 3.83. The van der Waals surface area contributed by atoms with Crippen molar-refractivity contribution in [2.75, 3.05) is 68.1 Å². The molecule has 1 atom stereocenters. The molecule has 190 valence electrons. The minimum absolute atomic E-state index is 0.291. The van der Waals surface area contributed by atoms with Crippen LogP contribution in [-0.2, 0) is 11.8 Å². The summed E-state index contributed by atoms with van der Waals surface area (Å²) in [6, 6.07) is 5.11. The van der Waals surface area contributed by atoms with Gasteiger partial charge in [0.1, 0.15) is 5.82 Å². The Hall–Kier alpha value is -3.57. The topological polar surface area (TPSA) is 91.7 Å². The first-order valence-electron chi connectivity index (χ1n) is 12.1. The van der Waals surface area contributed by atoms with E-state index in [1.807, 2.05) is 4.90 Å². The predicted molar refractivity (Wildman–Crippen MR) is 136 cm³/mol. The number of aromatic nitrogens is 4. The lowest BCUT2D eigenvalue weighted by Gasteiger charge is -2.39. The third kappa shape index (κ3) is 5.02. The highest BCUT2D eigenvalue weighted by atomic mass is 19.1. The van der Waals surface area contributed by atoms with Crippen LogP contribution in [0.5, 0.6) is 0 Å². The third-order valence-electron chi connectivity index (χ3n) is 6.82. The highest BCUT2D eigenvalue weighted by Crippen LogP contribution is 2.35. The maximum atomic E-state index is 15.5. The second kappa shape index (κ2) is 10.2. The Morgan fingerprint density at radius 1 is 1.08 bits per heavy atom. The molecule has 36 heavy (non-hydrogen) atoms. The van der Waals surface area contributed by atoms with Crippen molar-refractivity contribution in [2.24, 2.45) is 7.05 Å². The average Bonchev–Trinajstić information content (AvgIpc) is 3.33. The van der Waals surface area contributed by atoms with Crippen molar-refractivity contribution in [1.29, 1.82) is 0 Å². The first-order valence-corrected chi connectivity index (χ1v) is 12.1. The van der Waals surface area contributed by atoms with Gasteiger partial charge in [-0.25, -0.2) is 14.4 Å². The molecule has 1 amide bonds. The molecular weight excluding hydrogens is 463 g/mol. The number of carbonyl (C=O) groups is 1. The minimum Gasteiger partial charge on any atom is -0.378 e. The van der Waals surface area contributed by atoms with E-state index in [9.17, 15) is 4.79 Å². The van der Waals surface area contributed by atoms with Gasteiger partial charge in [-0.2, -0.15) is 5.10 Å². The monoisotopic (exact) mass is 494 g/mol. The van der Waals surface area contributed by atoms with Crippen molar-refractivity contribution in [1.82, 2.24) is 24.6 Å². The zero-order chi connectivity index (χ0) is 25.2. The van der Waals surface area contributed by atoms with E-state index >= 15 is 4.39 Å². The van der Waals surface area contributed by atoms with Crippen LogP contribution in [0.1, 0.15) is 17.4 Å². The zero-order valence-corrected chi connectivity index (χ0v) is 20.8. The number of anilines is 3. The van der Waals surface area contributed by atoms with E-state index in [-0.39, 0.29) is 5.91 Å². The van der Waals surface area contributed by atoms with Crippen LogP contribution in [0.25, 0.3) is 11.1 Å². The van der Waals surface area contributed by atoms with Gasteiger partial charge in [-0.15, -0.1) is 0 Å². The second-order valence-electron chi connectivity index (χ2n) is 9.32. The molecule has 0 spiro atoms. The number of benzene rings is 1. The quantitative estimate of drug-likeness (QED) is 0.578. The van der Waals surface area contributed by atoms with E-state index in [1.165, 1.54) is 6.07 Å². The number of amides is 1. The van der Waals surface area contributed by atoms with E-state index in [2.05, 4.69) is 44.2 Å². The second-order valence-corrected chi connectivity index (χ2v) is 9.32. The lowest BCUT2D eigenvalue weighted by atomic mass is 10.0. The largest absolute Gasteiger partial charge is 0.378 e. The number of likely N-dealkylation sites (N-methyl/N-ethyl adjacent to an activating group) is 1. The fraction of sp³-hybridized carbons (Fsp3) is 0.440. The summed E-state index contributed by atoms with van der Waals surface area (Å²) in [6.07, 6.45) is 4.96. The first-order chi connectivity index (χ1) is 17.4. The maximum absolute atomic E-state index is 15.5. The van der Waals surface area contributed by atoms with Gasteiger partial charge in [0.05, 0.1) is 24.6 Å². The number of piperazine rings is 1. The first kappa shape index (κ1) is 24.1. The fourth-order valence-electron chi connectivity index (χ4n) is 4.52. The predicted octanol–water partition coefficient (Wildman–Crippen LogP) is 2.25. The number of nitrogens with one attached hydrogen (secondary N) is 1. The number of ether oxygens (including phenoxy) is 1. The standard InChI is InChI=1S/C25H31FN8O2/c1-17-16-34(7-6-31(17)2)23-13-20(26)19(12-22(23)29-24(35)21-4-5-32(3)30-21)18-14-27-25(28-15-18)33-8-10-36-11-9-33/h4-5,12-15,17H,6-11,16H2,1-3H3,(H,29,35)/t17-/m1/s1. The number of halogens is 1. The number of nitrogens with zero attached hydrogens (tertiary/aromatic N) is 7. The van der Waals surface area contributed by atoms with Gasteiger partial charge in [0.2, 0.25) is 5.95 Å². The molecule has 2 aliphatic rings. The summed E-state index contributed by atoms with van der Waals surface area (Å²) in [4.78, 5) is 28.3. The molecule has 5 rings (SSSR count). The van der Waals surface area contributed by atoms with Gasteiger partial charge in [0, 0.05) is 75.5 Å². The number of morpholine rings is 1. The van der Waals surface area contributed by atoms with E-state index < -0.39 is 5.82 Å². The summed E-state index contributed by atoms with van der Waals surface area (Å²) < 4.78 is 22.5. The van der Waals surface area contributed by atoms with Gasteiger partial charge in [-0.1, -0.05) is 0 Å². The summed E-state index contributed by atoms with van der Waals surface area (Å²) >= 11 is 0. The Morgan fingerprint density at radius 2 is 1.83 bits per heavy atom. The van der Waals surface area contributed by atoms with Crippen molar-refractivity contribution in [3.05, 3.63) is 48.3 Å². The van der Waals surface area contributed by atoms with Crippen molar-refractivity contribution in [3.63, 3.8) is 0 Å². The van der Waals surface area contributed by atoms with Crippen LogP contribution in [0, 0.1) is 5.82 Å². The van der Waals surface area contributed by atoms with Gasteiger partial charge in [-0.3, -0.25) is 9.48 Å². The molecule has 0 bridgehead atoms. The third-order valence-corrected chi connectivity index (χ3v) is 6.82. The SMILES string of the molecule is C[C@@H]1CN(c2cc(F)c(-c3cnc(N4CCOCC4)nc3)cc2NC(=O)c2ccn(C)n2)CCN1C. The van der Waals surface area contributed by atoms with Gasteiger partial charge >= 0.3 is 0 Å². The van der Waals surface area contributed by atoms with E-state index in [0.29, 0.717) is 53.4 Å². The number of aryl methyl sites for hydroxylation is 1. The fourth-order valence-corrected chi connectivity index (χ4v) is 4.52. The van der Waals surface area contributed by atoms with E-state index in [4.69, 9.17) is 4.74 Å². The Balaban J connectivity index is 1.48. The molecule has 2 aliphatic heterocycles. The molecule has 2 aromatic heterocycles. The Bertz CT molecular complexity index is 1230. The molecule has 10 nitrogen and oxygen atoms in total. The van der Waals surface area contributed by atoms with Crippen molar-refractivity contribution in [2.45, 2.75) is 13.0 Å². The smallest absolute Gasteiger partial charge is 0.276 e. The molecule has 11 heteroatoms. The molecule has 0 unspecified atom stereocenters. The van der Waals surface area contributed by atoms with Gasteiger partial charge in [0.25, 0.3) is 5.91 Å². The summed E-state index contributed by atoms with van der Waals surface area (Å²) in [5, 5.41) is 7.16. The van der Waals surface area contributed by atoms with Crippen molar-refractivity contribution < 1.29 is 13.9 Å². The maximum Gasteiger partial charge on any atom is 0.276 e. The van der Waals surface area contributed by atoms with Crippen molar-refractivity contribution >= 4 is 23.2 Å². The van der Waals surface area contributed by atoms with Crippen LogP contribution in [0.3, 0.4) is 0 Å². The molecule has 0 radical (unpaired) electrons. The number of hydrogen-bond acceptors (Lipinski definition) is 8. The Labute approximate surface area is 209 Å².